The van der Waals surface area contributed by atoms with E-state index in [0.29, 0.717) is 17.7 Å². The maximum absolute atomic E-state index is 11.5. The molecule has 0 radical (unpaired) electrons. The van der Waals surface area contributed by atoms with E-state index < -0.39 is 5.63 Å². The molecule has 0 fully saturated rings. The number of methoxy groups -OCH3 is 1. The molecule has 0 unspecified atom stereocenters. The number of ether oxygens (including phenoxy) is 2. The van der Waals surface area contributed by atoms with Gasteiger partial charge in [-0.3, -0.25) is 0 Å². The highest BCUT2D eigenvalue weighted by molar-refractivity contribution is 5.86. The van der Waals surface area contributed by atoms with E-state index in [1.165, 1.54) is 7.11 Å². The molecule has 5 heteroatoms. The van der Waals surface area contributed by atoms with Crippen LogP contribution in [0.3, 0.4) is 0 Å². The van der Waals surface area contributed by atoms with Gasteiger partial charge in [-0.15, -0.1) is 0 Å². The molecule has 0 aliphatic rings. The van der Waals surface area contributed by atoms with Crippen molar-refractivity contribution in [1.82, 2.24) is 0 Å². The summed E-state index contributed by atoms with van der Waals surface area (Å²) >= 11 is 0. The lowest BCUT2D eigenvalue weighted by molar-refractivity contribution is 0.316. The minimum atomic E-state index is -0.713. The molecule has 0 aliphatic heterocycles. The second-order valence-corrected chi connectivity index (χ2v) is 3.78. The van der Waals surface area contributed by atoms with E-state index in [0.717, 1.165) is 6.42 Å². The van der Waals surface area contributed by atoms with Gasteiger partial charge in [-0.05, 0) is 18.6 Å². The molecule has 0 saturated carbocycles. The molecule has 0 amide bonds. The Morgan fingerprint density at radius 1 is 1.39 bits per heavy atom. The van der Waals surface area contributed by atoms with Crippen LogP contribution in [-0.2, 0) is 0 Å². The predicted octanol–water partition coefficient (Wildman–Crippen LogP) is 2.30. The molecular weight excluding hydrogens is 236 g/mol. The fraction of sp³-hybridized carbons (Fsp3) is 0.308. The van der Waals surface area contributed by atoms with Crippen molar-refractivity contribution < 1.29 is 19.0 Å². The zero-order chi connectivity index (χ0) is 13.1. The average molecular weight is 250 g/mol. The highest BCUT2D eigenvalue weighted by atomic mass is 16.5. The quantitative estimate of drug-likeness (QED) is 0.843. The molecule has 0 atom stereocenters. The molecule has 18 heavy (non-hydrogen) atoms. The summed E-state index contributed by atoms with van der Waals surface area (Å²) in [6.07, 6.45) is 0.885. The molecule has 5 nitrogen and oxygen atoms in total. The monoisotopic (exact) mass is 250 g/mol. The fourth-order valence-electron chi connectivity index (χ4n) is 1.64. The summed E-state index contributed by atoms with van der Waals surface area (Å²) < 4.78 is 15.3. The van der Waals surface area contributed by atoms with E-state index in [-0.39, 0.29) is 17.1 Å². The van der Waals surface area contributed by atoms with Crippen LogP contribution in [0, 0.1) is 0 Å². The number of benzene rings is 1. The third kappa shape index (κ3) is 2.11. The van der Waals surface area contributed by atoms with Gasteiger partial charge in [0.05, 0.1) is 19.1 Å². The van der Waals surface area contributed by atoms with Crippen LogP contribution in [0.4, 0.5) is 0 Å². The highest BCUT2D eigenvalue weighted by Crippen LogP contribution is 2.32. The van der Waals surface area contributed by atoms with Crippen LogP contribution in [0.2, 0.25) is 0 Å². The van der Waals surface area contributed by atoms with Crippen LogP contribution in [0.5, 0.6) is 17.2 Å². The van der Waals surface area contributed by atoms with Crippen molar-refractivity contribution in [2.75, 3.05) is 13.7 Å². The van der Waals surface area contributed by atoms with Crippen LogP contribution in [0.15, 0.2) is 27.4 Å². The number of rotatable bonds is 4. The summed E-state index contributed by atoms with van der Waals surface area (Å²) in [6.45, 7) is 2.58. The first-order valence-corrected chi connectivity index (χ1v) is 5.64. The molecule has 96 valence electrons. The van der Waals surface area contributed by atoms with E-state index in [2.05, 4.69) is 0 Å². The van der Waals surface area contributed by atoms with Crippen molar-refractivity contribution in [1.29, 1.82) is 0 Å². The van der Waals surface area contributed by atoms with Gasteiger partial charge in [-0.2, -0.15) is 0 Å². The van der Waals surface area contributed by atoms with Gasteiger partial charge in [0.15, 0.2) is 5.75 Å². The lowest BCUT2D eigenvalue weighted by atomic mass is 10.2. The van der Waals surface area contributed by atoms with Crippen molar-refractivity contribution in [2.45, 2.75) is 13.3 Å². The lowest BCUT2D eigenvalue weighted by Crippen LogP contribution is -2.04. The second-order valence-electron chi connectivity index (χ2n) is 3.78. The first-order valence-electron chi connectivity index (χ1n) is 5.64. The molecule has 1 heterocycles. The van der Waals surface area contributed by atoms with Crippen LogP contribution < -0.4 is 15.1 Å². The summed E-state index contributed by atoms with van der Waals surface area (Å²) in [5.74, 6) is 0.188. The van der Waals surface area contributed by atoms with E-state index in [1.807, 2.05) is 6.92 Å². The van der Waals surface area contributed by atoms with Gasteiger partial charge in [0.2, 0.25) is 5.75 Å². The summed E-state index contributed by atoms with van der Waals surface area (Å²) in [6, 6.07) is 4.91. The number of hydrogen-bond donors (Lipinski definition) is 1. The third-order valence-corrected chi connectivity index (χ3v) is 2.49. The minimum absolute atomic E-state index is 0.190. The van der Waals surface area contributed by atoms with Crippen LogP contribution >= 0.6 is 0 Å². The molecule has 0 aliphatic carbocycles. The standard InChI is InChI=1S/C13H14O5/c1-3-6-17-8-4-5-9-10(7-8)18-13(15)12(16-2)11(9)14/h4-5,7,14H,3,6H2,1-2H3. The normalized spacial score (nSPS) is 10.6. The predicted molar refractivity (Wildman–Crippen MR) is 66.5 cm³/mol. The Labute approximate surface area is 104 Å². The fourth-order valence-corrected chi connectivity index (χ4v) is 1.64. The van der Waals surface area contributed by atoms with Gasteiger partial charge in [0, 0.05) is 6.07 Å². The van der Waals surface area contributed by atoms with Crippen molar-refractivity contribution >= 4 is 11.0 Å². The third-order valence-electron chi connectivity index (χ3n) is 2.49. The van der Waals surface area contributed by atoms with E-state index in [4.69, 9.17) is 13.9 Å². The van der Waals surface area contributed by atoms with E-state index >= 15 is 0 Å². The molecule has 0 saturated heterocycles. The Morgan fingerprint density at radius 2 is 2.17 bits per heavy atom. The van der Waals surface area contributed by atoms with E-state index in [1.54, 1.807) is 18.2 Å². The Bertz CT molecular complexity index is 615. The summed E-state index contributed by atoms with van der Waals surface area (Å²) in [5, 5.41) is 10.3. The smallest absolute Gasteiger partial charge is 0.383 e. The van der Waals surface area contributed by atoms with Gasteiger partial charge in [0.25, 0.3) is 0 Å². The van der Waals surface area contributed by atoms with E-state index in [9.17, 15) is 9.90 Å². The van der Waals surface area contributed by atoms with Crippen molar-refractivity contribution in [3.8, 4) is 17.2 Å². The molecule has 1 aromatic heterocycles. The molecule has 2 rings (SSSR count). The molecule has 2 aromatic rings. The van der Waals surface area contributed by atoms with Crippen LogP contribution in [-0.4, -0.2) is 18.8 Å². The van der Waals surface area contributed by atoms with Gasteiger partial charge in [0.1, 0.15) is 11.3 Å². The van der Waals surface area contributed by atoms with Crippen molar-refractivity contribution in [3.63, 3.8) is 0 Å². The minimum Gasteiger partial charge on any atom is -0.504 e. The van der Waals surface area contributed by atoms with Crippen LogP contribution in [0.25, 0.3) is 11.0 Å². The summed E-state index contributed by atoms with van der Waals surface area (Å²) in [4.78, 5) is 11.5. The Hall–Kier alpha value is -2.17. The van der Waals surface area contributed by atoms with Gasteiger partial charge in [-0.25, -0.2) is 4.79 Å². The topological polar surface area (TPSA) is 68.9 Å². The number of hydrogen-bond acceptors (Lipinski definition) is 5. The van der Waals surface area contributed by atoms with Gasteiger partial charge >= 0.3 is 5.63 Å². The average Bonchev–Trinajstić information content (AvgIpc) is 2.36. The second kappa shape index (κ2) is 5.00. The van der Waals surface area contributed by atoms with Crippen molar-refractivity contribution in [3.05, 3.63) is 28.6 Å². The maximum Gasteiger partial charge on any atom is 0.383 e. The van der Waals surface area contributed by atoms with Crippen LogP contribution in [0.1, 0.15) is 13.3 Å². The summed E-state index contributed by atoms with van der Waals surface area (Å²) in [5.41, 5.74) is -0.443. The molecule has 1 aromatic carbocycles. The Morgan fingerprint density at radius 3 is 2.83 bits per heavy atom. The zero-order valence-corrected chi connectivity index (χ0v) is 10.2. The number of aromatic hydroxyl groups is 1. The first kappa shape index (κ1) is 12.3. The Balaban J connectivity index is 2.55. The molecule has 0 spiro atoms. The van der Waals surface area contributed by atoms with Gasteiger partial charge < -0.3 is 19.0 Å². The lowest BCUT2D eigenvalue weighted by Gasteiger charge is -2.07. The number of fused-ring (bicyclic) bond motifs is 1. The SMILES string of the molecule is CCCOc1ccc2c(O)c(OC)c(=O)oc2c1. The zero-order valence-electron chi connectivity index (χ0n) is 10.2. The van der Waals surface area contributed by atoms with Gasteiger partial charge in [-0.1, -0.05) is 6.92 Å². The van der Waals surface area contributed by atoms with Crippen molar-refractivity contribution in [2.24, 2.45) is 0 Å². The molecular formula is C13H14O5. The first-order chi connectivity index (χ1) is 8.67. The molecule has 0 bridgehead atoms. The maximum atomic E-state index is 11.5. The largest absolute Gasteiger partial charge is 0.504 e. The summed E-state index contributed by atoms with van der Waals surface area (Å²) in [7, 11) is 1.30. The Kier molecular flexibility index (Phi) is 3.41. The molecule has 1 N–H and O–H groups in total. The highest BCUT2D eigenvalue weighted by Gasteiger charge is 2.14.